The van der Waals surface area contributed by atoms with Crippen LogP contribution in [0.5, 0.6) is 5.75 Å². The van der Waals surface area contributed by atoms with Crippen LogP contribution in [-0.2, 0) is 4.79 Å². The standard InChI is InChI=1S/C19H18BrN3O2S2/c1-3-25-16-9-8-14(20)10-13(16)11-21-23-18(24)12(2)26-19-22-15-6-4-5-7-17(15)27-19/h4-12H,3H2,1-2H3,(H,23,24)/b21-11+. The molecule has 1 heterocycles. The van der Waals surface area contributed by atoms with Gasteiger partial charge in [0.05, 0.1) is 28.3 Å². The largest absolute Gasteiger partial charge is 0.493 e. The fraction of sp³-hybridized carbons (Fsp3) is 0.211. The van der Waals surface area contributed by atoms with Crippen LogP contribution in [-0.4, -0.2) is 29.0 Å². The van der Waals surface area contributed by atoms with Gasteiger partial charge in [-0.25, -0.2) is 10.4 Å². The van der Waals surface area contributed by atoms with Crippen molar-refractivity contribution in [3.05, 3.63) is 52.5 Å². The minimum Gasteiger partial charge on any atom is -0.493 e. The fourth-order valence-electron chi connectivity index (χ4n) is 2.27. The Morgan fingerprint density at radius 3 is 3.00 bits per heavy atom. The van der Waals surface area contributed by atoms with E-state index in [4.69, 9.17) is 4.74 Å². The lowest BCUT2D eigenvalue weighted by Gasteiger charge is -2.08. The molecule has 8 heteroatoms. The van der Waals surface area contributed by atoms with Gasteiger partial charge in [-0.05, 0) is 44.2 Å². The molecule has 2 aromatic carbocycles. The molecule has 0 aliphatic carbocycles. The first-order valence-electron chi connectivity index (χ1n) is 8.34. The molecule has 27 heavy (non-hydrogen) atoms. The highest BCUT2D eigenvalue weighted by molar-refractivity contribution is 9.10. The number of hydrogen-bond donors (Lipinski definition) is 1. The third kappa shape index (κ3) is 5.31. The molecule has 1 atom stereocenters. The minimum absolute atomic E-state index is 0.177. The molecule has 0 saturated carbocycles. The number of carbonyl (C=O) groups is 1. The Hall–Kier alpha value is -1.90. The Balaban J connectivity index is 1.61. The molecule has 140 valence electrons. The summed E-state index contributed by atoms with van der Waals surface area (Å²) < 4.78 is 8.47. The minimum atomic E-state index is -0.309. The van der Waals surface area contributed by atoms with Crippen molar-refractivity contribution in [2.24, 2.45) is 5.10 Å². The van der Waals surface area contributed by atoms with Crippen LogP contribution >= 0.6 is 39.0 Å². The van der Waals surface area contributed by atoms with Crippen molar-refractivity contribution in [1.29, 1.82) is 0 Å². The van der Waals surface area contributed by atoms with Crippen molar-refractivity contribution < 1.29 is 9.53 Å². The summed E-state index contributed by atoms with van der Waals surface area (Å²) in [5, 5.41) is 3.77. The summed E-state index contributed by atoms with van der Waals surface area (Å²) in [5.74, 6) is 0.541. The number of carbonyl (C=O) groups excluding carboxylic acids is 1. The number of nitrogens with zero attached hydrogens (tertiary/aromatic N) is 2. The third-order valence-corrected chi connectivity index (χ3v) is 6.29. The number of hydrogen-bond acceptors (Lipinski definition) is 6. The molecule has 0 fully saturated rings. The number of thioether (sulfide) groups is 1. The van der Waals surface area contributed by atoms with E-state index >= 15 is 0 Å². The summed E-state index contributed by atoms with van der Waals surface area (Å²) >= 11 is 6.44. The average molecular weight is 464 g/mol. The van der Waals surface area contributed by atoms with E-state index in [9.17, 15) is 4.79 Å². The monoisotopic (exact) mass is 463 g/mol. The van der Waals surface area contributed by atoms with Crippen LogP contribution in [0.1, 0.15) is 19.4 Å². The molecule has 0 bridgehead atoms. The normalized spacial score (nSPS) is 12.4. The first-order chi connectivity index (χ1) is 13.1. The highest BCUT2D eigenvalue weighted by Crippen LogP contribution is 2.31. The number of para-hydroxylation sites is 1. The zero-order valence-electron chi connectivity index (χ0n) is 14.8. The van der Waals surface area contributed by atoms with Crippen molar-refractivity contribution in [2.45, 2.75) is 23.4 Å². The van der Waals surface area contributed by atoms with E-state index in [1.54, 1.807) is 17.6 Å². The number of rotatable bonds is 7. The second-order valence-corrected chi connectivity index (χ2v) is 9.09. The quantitative estimate of drug-likeness (QED) is 0.301. The van der Waals surface area contributed by atoms with E-state index in [1.165, 1.54) is 11.8 Å². The number of hydrazone groups is 1. The maximum atomic E-state index is 12.3. The van der Waals surface area contributed by atoms with Gasteiger partial charge in [0.1, 0.15) is 5.75 Å². The van der Waals surface area contributed by atoms with Gasteiger partial charge in [-0.1, -0.05) is 39.8 Å². The number of thiazole rings is 1. The van der Waals surface area contributed by atoms with E-state index in [0.717, 1.165) is 30.3 Å². The van der Waals surface area contributed by atoms with E-state index in [-0.39, 0.29) is 11.2 Å². The summed E-state index contributed by atoms with van der Waals surface area (Å²) in [7, 11) is 0. The van der Waals surface area contributed by atoms with E-state index in [1.807, 2.05) is 56.3 Å². The molecule has 0 saturated heterocycles. The van der Waals surface area contributed by atoms with Crippen LogP contribution in [0.25, 0.3) is 10.2 Å². The van der Waals surface area contributed by atoms with Crippen molar-refractivity contribution >= 4 is 61.4 Å². The second-order valence-electron chi connectivity index (χ2n) is 5.56. The van der Waals surface area contributed by atoms with Gasteiger partial charge < -0.3 is 4.74 Å². The number of amides is 1. The molecule has 0 aliphatic rings. The number of nitrogens with one attached hydrogen (secondary N) is 1. The Kier molecular flexibility index (Phi) is 6.87. The smallest absolute Gasteiger partial charge is 0.253 e. The summed E-state index contributed by atoms with van der Waals surface area (Å²) in [4.78, 5) is 16.9. The third-order valence-electron chi connectivity index (χ3n) is 3.57. The van der Waals surface area contributed by atoms with Crippen molar-refractivity contribution in [1.82, 2.24) is 10.4 Å². The molecule has 0 spiro atoms. The maximum absolute atomic E-state index is 12.3. The first-order valence-corrected chi connectivity index (χ1v) is 10.8. The molecule has 0 aliphatic heterocycles. The topological polar surface area (TPSA) is 63.6 Å². The lowest BCUT2D eigenvalue weighted by atomic mass is 10.2. The molecule has 5 nitrogen and oxygen atoms in total. The van der Waals surface area contributed by atoms with Gasteiger partial charge in [0.15, 0.2) is 4.34 Å². The second kappa shape index (κ2) is 9.34. The lowest BCUT2D eigenvalue weighted by Crippen LogP contribution is -2.26. The van der Waals surface area contributed by atoms with E-state index < -0.39 is 0 Å². The van der Waals surface area contributed by atoms with Gasteiger partial charge >= 0.3 is 0 Å². The van der Waals surface area contributed by atoms with Crippen LogP contribution in [0.15, 0.2) is 56.4 Å². The summed E-state index contributed by atoms with van der Waals surface area (Å²) in [6, 6.07) is 13.6. The van der Waals surface area contributed by atoms with Crippen molar-refractivity contribution in [3.63, 3.8) is 0 Å². The average Bonchev–Trinajstić information content (AvgIpc) is 3.06. The van der Waals surface area contributed by atoms with Crippen LogP contribution in [0.4, 0.5) is 0 Å². The summed E-state index contributed by atoms with van der Waals surface area (Å²) in [5.41, 5.74) is 4.33. The number of fused-ring (bicyclic) bond motifs is 1. The first kappa shape index (κ1) is 19.9. The highest BCUT2D eigenvalue weighted by atomic mass is 79.9. The predicted molar refractivity (Wildman–Crippen MR) is 116 cm³/mol. The number of benzene rings is 2. The Morgan fingerprint density at radius 1 is 1.41 bits per heavy atom. The molecule has 1 aromatic heterocycles. The molecule has 1 amide bonds. The van der Waals surface area contributed by atoms with Gasteiger partial charge in [0.25, 0.3) is 5.91 Å². The number of aromatic nitrogens is 1. The van der Waals surface area contributed by atoms with Gasteiger partial charge in [-0.2, -0.15) is 5.10 Å². The molecular formula is C19H18BrN3O2S2. The number of ether oxygens (including phenoxy) is 1. The summed E-state index contributed by atoms with van der Waals surface area (Å²) in [6.07, 6.45) is 1.59. The predicted octanol–water partition coefficient (Wildman–Crippen LogP) is 5.09. The van der Waals surface area contributed by atoms with Crippen LogP contribution in [0.3, 0.4) is 0 Å². The molecule has 3 rings (SSSR count). The fourth-order valence-corrected chi connectivity index (χ4v) is 4.85. The highest BCUT2D eigenvalue weighted by Gasteiger charge is 2.16. The Morgan fingerprint density at radius 2 is 2.22 bits per heavy atom. The lowest BCUT2D eigenvalue weighted by molar-refractivity contribution is -0.120. The molecular weight excluding hydrogens is 446 g/mol. The Labute approximate surface area is 174 Å². The van der Waals surface area contributed by atoms with Gasteiger partial charge in [-0.15, -0.1) is 11.3 Å². The SMILES string of the molecule is CCOc1ccc(Br)cc1/C=N/NC(=O)C(C)Sc1nc2ccccc2s1. The van der Waals surface area contributed by atoms with E-state index in [0.29, 0.717) is 6.61 Å². The van der Waals surface area contributed by atoms with Gasteiger partial charge in [-0.3, -0.25) is 4.79 Å². The Bertz CT molecular complexity index is 941. The van der Waals surface area contributed by atoms with Gasteiger partial charge in [0.2, 0.25) is 0 Å². The number of halogens is 1. The van der Waals surface area contributed by atoms with Crippen LogP contribution < -0.4 is 10.2 Å². The van der Waals surface area contributed by atoms with Gasteiger partial charge in [0, 0.05) is 10.0 Å². The van der Waals surface area contributed by atoms with Crippen molar-refractivity contribution in [3.8, 4) is 5.75 Å². The molecule has 1 N–H and O–H groups in total. The molecule has 0 radical (unpaired) electrons. The van der Waals surface area contributed by atoms with Crippen LogP contribution in [0.2, 0.25) is 0 Å². The van der Waals surface area contributed by atoms with Crippen LogP contribution in [0, 0.1) is 0 Å². The van der Waals surface area contributed by atoms with E-state index in [2.05, 4.69) is 31.4 Å². The maximum Gasteiger partial charge on any atom is 0.253 e. The zero-order valence-corrected chi connectivity index (χ0v) is 18.0. The molecule has 1 unspecified atom stereocenters. The van der Waals surface area contributed by atoms with Crippen molar-refractivity contribution in [2.75, 3.05) is 6.61 Å². The zero-order chi connectivity index (χ0) is 19.2. The molecule has 3 aromatic rings. The summed E-state index contributed by atoms with van der Waals surface area (Å²) in [6.45, 7) is 4.32.